The molecule has 0 bridgehead atoms. The second-order valence-corrected chi connectivity index (χ2v) is 9.43. The molecule has 0 heterocycles. The number of nitrogens with one attached hydrogen (secondary N) is 1. The number of hydrogen-bond donors (Lipinski definition) is 1. The molecule has 0 atom stereocenters. The topological polar surface area (TPSA) is 84.9 Å². The minimum Gasteiger partial charge on any atom is -0.469 e. The van der Waals surface area contributed by atoms with Gasteiger partial charge in [0.05, 0.1) is 7.11 Å². The summed E-state index contributed by atoms with van der Waals surface area (Å²) in [6.07, 6.45) is 5.64. The van der Waals surface area contributed by atoms with Crippen molar-refractivity contribution in [2.45, 2.75) is 91.2 Å². The monoisotopic (exact) mass is 462 g/mol. The maximum atomic E-state index is 12.7. The number of esters is 1. The number of ether oxygens (including phenoxy) is 2. The highest BCUT2D eigenvalue weighted by atomic mass is 16.6. The smallest absolute Gasteiger partial charge is 0.410 e. The van der Waals surface area contributed by atoms with Crippen LogP contribution >= 0.6 is 0 Å². The number of amides is 2. The summed E-state index contributed by atoms with van der Waals surface area (Å²) in [6.45, 7) is 9.29. The Bertz CT molecular complexity index is 725. The van der Waals surface area contributed by atoms with E-state index in [1.165, 1.54) is 12.7 Å². The number of rotatable bonds is 14. The first-order valence-electron chi connectivity index (χ1n) is 12.0. The predicted molar refractivity (Wildman–Crippen MR) is 130 cm³/mol. The number of unbranched alkanes of at least 4 members (excludes halogenated alkanes) is 4. The molecule has 1 rings (SSSR count). The fraction of sp³-hybridized carbons (Fsp3) is 0.654. The van der Waals surface area contributed by atoms with E-state index in [0.29, 0.717) is 32.5 Å². The SMILES string of the molecule is COC(=O)CCCCCCC(=O)NCCCCN(Cc1ccc(C)cc1)C(=O)OC(C)(C)C. The summed E-state index contributed by atoms with van der Waals surface area (Å²) < 4.78 is 10.2. The number of aryl methyl sites for hydroxylation is 1. The lowest BCUT2D eigenvalue weighted by Gasteiger charge is -2.27. The Hall–Kier alpha value is -2.57. The lowest BCUT2D eigenvalue weighted by molar-refractivity contribution is -0.140. The number of carbonyl (C=O) groups is 3. The maximum absolute atomic E-state index is 12.7. The minimum absolute atomic E-state index is 0.0478. The van der Waals surface area contributed by atoms with Crippen molar-refractivity contribution >= 4 is 18.0 Å². The van der Waals surface area contributed by atoms with E-state index in [1.54, 1.807) is 4.90 Å². The zero-order valence-electron chi connectivity index (χ0n) is 21.1. The molecule has 1 N–H and O–H groups in total. The molecule has 7 heteroatoms. The molecule has 0 saturated carbocycles. The molecule has 1 aromatic rings. The number of carbonyl (C=O) groups excluding carboxylic acids is 3. The van der Waals surface area contributed by atoms with Crippen molar-refractivity contribution in [3.8, 4) is 0 Å². The van der Waals surface area contributed by atoms with Crippen molar-refractivity contribution in [1.82, 2.24) is 10.2 Å². The van der Waals surface area contributed by atoms with Crippen molar-refractivity contribution in [2.24, 2.45) is 0 Å². The van der Waals surface area contributed by atoms with E-state index in [2.05, 4.69) is 10.1 Å². The first kappa shape index (κ1) is 28.5. The molecule has 1 aromatic carbocycles. The largest absolute Gasteiger partial charge is 0.469 e. The van der Waals surface area contributed by atoms with Gasteiger partial charge < -0.3 is 19.7 Å². The molecule has 0 aliphatic rings. The second kappa shape index (κ2) is 15.3. The van der Waals surface area contributed by atoms with E-state index < -0.39 is 5.60 Å². The molecule has 33 heavy (non-hydrogen) atoms. The molecular formula is C26H42N2O5. The zero-order valence-corrected chi connectivity index (χ0v) is 21.1. The molecular weight excluding hydrogens is 420 g/mol. The fourth-order valence-electron chi connectivity index (χ4n) is 3.23. The molecule has 0 radical (unpaired) electrons. The molecule has 0 aliphatic heterocycles. The van der Waals surface area contributed by atoms with E-state index in [4.69, 9.17) is 4.74 Å². The van der Waals surface area contributed by atoms with E-state index >= 15 is 0 Å². The Balaban J connectivity index is 2.31. The normalized spacial score (nSPS) is 11.1. The molecule has 0 spiro atoms. The van der Waals surface area contributed by atoms with Gasteiger partial charge in [0, 0.05) is 32.5 Å². The summed E-state index contributed by atoms with van der Waals surface area (Å²) in [6, 6.07) is 8.14. The second-order valence-electron chi connectivity index (χ2n) is 9.43. The fourth-order valence-corrected chi connectivity index (χ4v) is 3.23. The summed E-state index contributed by atoms with van der Waals surface area (Å²) in [5, 5.41) is 2.95. The first-order valence-corrected chi connectivity index (χ1v) is 12.0. The van der Waals surface area contributed by atoms with Crippen molar-refractivity contribution < 1.29 is 23.9 Å². The Morgan fingerprint density at radius 3 is 2.15 bits per heavy atom. The van der Waals surface area contributed by atoms with Crippen LogP contribution in [0.5, 0.6) is 0 Å². The number of nitrogens with zero attached hydrogens (tertiary/aromatic N) is 1. The Labute approximate surface area is 199 Å². The highest BCUT2D eigenvalue weighted by molar-refractivity contribution is 5.75. The van der Waals surface area contributed by atoms with Gasteiger partial charge in [0.25, 0.3) is 0 Å². The molecule has 0 aromatic heterocycles. The Kier molecular flexibility index (Phi) is 13.2. The van der Waals surface area contributed by atoms with Gasteiger partial charge in [-0.05, 0) is 58.9 Å². The van der Waals surface area contributed by atoms with Crippen LogP contribution in [0, 0.1) is 6.92 Å². The maximum Gasteiger partial charge on any atom is 0.410 e. The lowest BCUT2D eigenvalue weighted by atomic mass is 10.1. The van der Waals surface area contributed by atoms with Crippen LogP contribution in [0.1, 0.15) is 83.3 Å². The highest BCUT2D eigenvalue weighted by Crippen LogP contribution is 2.14. The quantitative estimate of drug-likeness (QED) is 0.306. The van der Waals surface area contributed by atoms with Crippen molar-refractivity contribution in [2.75, 3.05) is 20.2 Å². The average Bonchev–Trinajstić information content (AvgIpc) is 2.75. The zero-order chi connectivity index (χ0) is 24.7. The third-order valence-electron chi connectivity index (χ3n) is 5.09. The molecule has 7 nitrogen and oxygen atoms in total. The third kappa shape index (κ3) is 14.2. The van der Waals surface area contributed by atoms with E-state index in [1.807, 2.05) is 52.0 Å². The van der Waals surface area contributed by atoms with Gasteiger partial charge in [-0.25, -0.2) is 4.79 Å². The first-order chi connectivity index (χ1) is 15.6. The lowest BCUT2D eigenvalue weighted by Crippen LogP contribution is -2.37. The standard InChI is InChI=1S/C26H42N2O5/c1-21-14-16-22(17-15-21)20-28(25(31)33-26(2,3)4)19-11-10-18-27-23(29)12-8-6-7-9-13-24(30)32-5/h14-17H,6-13,18-20H2,1-5H3,(H,27,29). The summed E-state index contributed by atoms with van der Waals surface area (Å²) in [5.74, 6) is -0.136. The van der Waals surface area contributed by atoms with E-state index in [-0.39, 0.29) is 18.0 Å². The van der Waals surface area contributed by atoms with Gasteiger partial charge in [0.2, 0.25) is 5.91 Å². The molecule has 2 amide bonds. The highest BCUT2D eigenvalue weighted by Gasteiger charge is 2.22. The van der Waals surface area contributed by atoms with Crippen molar-refractivity contribution in [1.29, 1.82) is 0 Å². The van der Waals surface area contributed by atoms with E-state index in [0.717, 1.165) is 44.1 Å². The van der Waals surface area contributed by atoms with Crippen LogP contribution in [-0.4, -0.2) is 48.7 Å². The third-order valence-corrected chi connectivity index (χ3v) is 5.09. The van der Waals surface area contributed by atoms with Crippen LogP contribution in [0.4, 0.5) is 4.79 Å². The Morgan fingerprint density at radius 2 is 1.55 bits per heavy atom. The van der Waals surface area contributed by atoms with E-state index in [9.17, 15) is 14.4 Å². The minimum atomic E-state index is -0.546. The number of methoxy groups -OCH3 is 1. The van der Waals surface area contributed by atoms with Crippen molar-refractivity contribution in [3.63, 3.8) is 0 Å². The number of hydrogen-bond acceptors (Lipinski definition) is 5. The Morgan fingerprint density at radius 1 is 0.909 bits per heavy atom. The number of benzene rings is 1. The summed E-state index contributed by atoms with van der Waals surface area (Å²) in [5.41, 5.74) is 1.70. The van der Waals surface area contributed by atoms with Gasteiger partial charge in [-0.3, -0.25) is 9.59 Å². The van der Waals surface area contributed by atoms with Gasteiger partial charge in [-0.1, -0.05) is 42.7 Å². The van der Waals surface area contributed by atoms with Gasteiger partial charge in [-0.2, -0.15) is 0 Å². The summed E-state index contributed by atoms with van der Waals surface area (Å²) in [7, 11) is 1.39. The van der Waals surface area contributed by atoms with Crippen LogP contribution in [-0.2, 0) is 25.6 Å². The van der Waals surface area contributed by atoms with Crippen LogP contribution in [0.3, 0.4) is 0 Å². The van der Waals surface area contributed by atoms with Crippen molar-refractivity contribution in [3.05, 3.63) is 35.4 Å². The predicted octanol–water partition coefficient (Wildman–Crippen LogP) is 5.14. The van der Waals surface area contributed by atoms with Crippen LogP contribution < -0.4 is 5.32 Å². The van der Waals surface area contributed by atoms with Gasteiger partial charge >= 0.3 is 12.1 Å². The van der Waals surface area contributed by atoms with Gasteiger partial charge in [-0.15, -0.1) is 0 Å². The molecule has 0 fully saturated rings. The van der Waals surface area contributed by atoms with Crippen LogP contribution in [0.2, 0.25) is 0 Å². The van der Waals surface area contributed by atoms with Gasteiger partial charge in [0.15, 0.2) is 0 Å². The molecule has 0 saturated heterocycles. The van der Waals surface area contributed by atoms with Crippen LogP contribution in [0.25, 0.3) is 0 Å². The molecule has 0 aliphatic carbocycles. The summed E-state index contributed by atoms with van der Waals surface area (Å²) >= 11 is 0. The summed E-state index contributed by atoms with van der Waals surface area (Å²) in [4.78, 5) is 37.4. The average molecular weight is 463 g/mol. The molecule has 0 unspecified atom stereocenters. The van der Waals surface area contributed by atoms with Gasteiger partial charge in [0.1, 0.15) is 5.60 Å². The van der Waals surface area contributed by atoms with Crippen LogP contribution in [0.15, 0.2) is 24.3 Å². The molecule has 186 valence electrons.